The second-order valence-corrected chi connectivity index (χ2v) is 6.71. The van der Waals surface area contributed by atoms with Crippen molar-refractivity contribution in [2.45, 2.75) is 19.2 Å². The average molecular weight is 416 g/mol. The third kappa shape index (κ3) is 4.60. The molecule has 0 spiro atoms. The third-order valence-electron chi connectivity index (χ3n) is 4.59. The zero-order valence-electron chi connectivity index (χ0n) is 16.0. The Kier molecular flexibility index (Phi) is 6.07. The molecule has 3 rings (SSSR count). The molecule has 0 aliphatic heterocycles. The Morgan fingerprint density at radius 2 is 1.77 bits per heavy atom. The summed E-state index contributed by atoms with van der Waals surface area (Å²) in [6, 6.07) is 15.8. The normalized spacial score (nSPS) is 12.4. The number of aryl methyl sites for hydroxylation is 1. The Bertz CT molecular complexity index is 1110. The molecule has 0 fully saturated rings. The first-order valence-corrected chi connectivity index (χ1v) is 9.10. The standard InChI is InChI=1S/C22H19F3N2O3/c1-14-10-11-18(20(29)26-13-19(28)15-6-3-2-4-7-15)21(30)27(14)17-9-5-8-16(12-17)22(23,24)25/h2-12,19,28H,13H2,1H3,(H,26,29). The minimum Gasteiger partial charge on any atom is -0.387 e. The zero-order chi connectivity index (χ0) is 21.9. The molecule has 2 aromatic carbocycles. The Hall–Kier alpha value is -3.39. The lowest BCUT2D eigenvalue weighted by molar-refractivity contribution is -0.137. The first-order valence-electron chi connectivity index (χ1n) is 9.10. The first-order chi connectivity index (χ1) is 14.2. The molecule has 8 heteroatoms. The molecule has 30 heavy (non-hydrogen) atoms. The lowest BCUT2D eigenvalue weighted by Gasteiger charge is -2.15. The van der Waals surface area contributed by atoms with Gasteiger partial charge < -0.3 is 10.4 Å². The highest BCUT2D eigenvalue weighted by molar-refractivity contribution is 5.93. The number of nitrogens with zero attached hydrogens (tertiary/aromatic N) is 1. The highest BCUT2D eigenvalue weighted by Gasteiger charge is 2.30. The molecular weight excluding hydrogens is 397 g/mol. The van der Waals surface area contributed by atoms with Gasteiger partial charge in [0.05, 0.1) is 11.7 Å². The number of aliphatic hydroxyl groups is 1. The molecule has 1 amide bonds. The summed E-state index contributed by atoms with van der Waals surface area (Å²) in [4.78, 5) is 25.4. The Morgan fingerprint density at radius 3 is 2.43 bits per heavy atom. The molecule has 5 nitrogen and oxygen atoms in total. The number of benzene rings is 2. The number of carbonyl (C=O) groups is 1. The number of amides is 1. The molecule has 1 unspecified atom stereocenters. The first kappa shape index (κ1) is 21.3. The highest BCUT2D eigenvalue weighted by atomic mass is 19.4. The van der Waals surface area contributed by atoms with Crippen molar-refractivity contribution in [1.29, 1.82) is 0 Å². The summed E-state index contributed by atoms with van der Waals surface area (Å²) in [7, 11) is 0. The van der Waals surface area contributed by atoms with Crippen LogP contribution in [0.25, 0.3) is 5.69 Å². The molecule has 156 valence electrons. The Morgan fingerprint density at radius 1 is 1.07 bits per heavy atom. The van der Waals surface area contributed by atoms with E-state index in [2.05, 4.69) is 5.32 Å². The SMILES string of the molecule is Cc1ccc(C(=O)NCC(O)c2ccccc2)c(=O)n1-c1cccc(C(F)(F)F)c1. The molecule has 2 N–H and O–H groups in total. The number of pyridine rings is 1. The van der Waals surface area contributed by atoms with Crippen LogP contribution < -0.4 is 10.9 Å². The topological polar surface area (TPSA) is 71.3 Å². The van der Waals surface area contributed by atoms with E-state index < -0.39 is 29.3 Å². The maximum atomic E-state index is 13.0. The van der Waals surface area contributed by atoms with Crippen molar-refractivity contribution >= 4 is 5.91 Å². The average Bonchev–Trinajstić information content (AvgIpc) is 2.72. The quantitative estimate of drug-likeness (QED) is 0.667. The third-order valence-corrected chi connectivity index (χ3v) is 4.59. The van der Waals surface area contributed by atoms with E-state index in [1.807, 2.05) is 0 Å². The van der Waals surface area contributed by atoms with Gasteiger partial charge in [-0.3, -0.25) is 14.2 Å². The van der Waals surface area contributed by atoms with Crippen LogP contribution in [0.15, 0.2) is 71.5 Å². The molecule has 1 heterocycles. The molecule has 1 atom stereocenters. The number of aromatic nitrogens is 1. The van der Waals surface area contributed by atoms with Crippen LogP contribution in [0, 0.1) is 6.92 Å². The van der Waals surface area contributed by atoms with Crippen LogP contribution in [0.1, 0.15) is 33.3 Å². The number of hydrogen-bond donors (Lipinski definition) is 2. The number of aliphatic hydroxyl groups excluding tert-OH is 1. The van der Waals surface area contributed by atoms with Gasteiger partial charge in [0.1, 0.15) is 5.56 Å². The fraction of sp³-hybridized carbons (Fsp3) is 0.182. The lowest BCUT2D eigenvalue weighted by Crippen LogP contribution is -2.35. The minimum atomic E-state index is -4.56. The number of nitrogens with one attached hydrogen (secondary N) is 1. The van der Waals surface area contributed by atoms with E-state index in [4.69, 9.17) is 0 Å². The summed E-state index contributed by atoms with van der Waals surface area (Å²) in [5, 5.41) is 12.7. The van der Waals surface area contributed by atoms with Gasteiger partial charge in [-0.15, -0.1) is 0 Å². The molecule has 0 saturated carbocycles. The number of hydrogen-bond acceptors (Lipinski definition) is 3. The van der Waals surface area contributed by atoms with E-state index in [9.17, 15) is 27.9 Å². The van der Waals surface area contributed by atoms with E-state index in [1.54, 1.807) is 37.3 Å². The number of carbonyl (C=O) groups excluding carboxylic acids is 1. The van der Waals surface area contributed by atoms with Crippen LogP contribution in [0.2, 0.25) is 0 Å². The molecule has 0 saturated heterocycles. The molecule has 0 radical (unpaired) electrons. The molecule has 0 aliphatic carbocycles. The summed E-state index contributed by atoms with van der Waals surface area (Å²) in [6.45, 7) is 1.43. The number of alkyl halides is 3. The van der Waals surface area contributed by atoms with E-state index >= 15 is 0 Å². The second kappa shape index (κ2) is 8.54. The van der Waals surface area contributed by atoms with Crippen molar-refractivity contribution in [2.75, 3.05) is 6.54 Å². The predicted octanol–water partition coefficient (Wildman–Crippen LogP) is 3.63. The van der Waals surface area contributed by atoms with Crippen LogP contribution in [0.5, 0.6) is 0 Å². The molecular formula is C22H19F3N2O3. The van der Waals surface area contributed by atoms with Gasteiger partial charge in [0.25, 0.3) is 11.5 Å². The fourth-order valence-corrected chi connectivity index (χ4v) is 3.02. The molecule has 0 bridgehead atoms. The number of rotatable bonds is 5. The minimum absolute atomic E-state index is 0.00583. The summed E-state index contributed by atoms with van der Waals surface area (Å²) in [5.41, 5.74) is -0.902. The van der Waals surface area contributed by atoms with Crippen LogP contribution in [-0.4, -0.2) is 22.1 Å². The van der Waals surface area contributed by atoms with Crippen molar-refractivity contribution in [3.8, 4) is 5.69 Å². The fourth-order valence-electron chi connectivity index (χ4n) is 3.02. The second-order valence-electron chi connectivity index (χ2n) is 6.71. The zero-order valence-corrected chi connectivity index (χ0v) is 16.0. The highest BCUT2D eigenvalue weighted by Crippen LogP contribution is 2.30. The monoisotopic (exact) mass is 416 g/mol. The smallest absolute Gasteiger partial charge is 0.387 e. The van der Waals surface area contributed by atoms with Crippen molar-refractivity contribution in [2.24, 2.45) is 0 Å². The van der Waals surface area contributed by atoms with Gasteiger partial charge in [-0.2, -0.15) is 13.2 Å². The maximum Gasteiger partial charge on any atom is 0.416 e. The van der Waals surface area contributed by atoms with Crippen molar-refractivity contribution < 1.29 is 23.1 Å². The van der Waals surface area contributed by atoms with E-state index in [0.29, 0.717) is 11.3 Å². The summed E-state index contributed by atoms with van der Waals surface area (Å²) >= 11 is 0. The van der Waals surface area contributed by atoms with Crippen LogP contribution in [0.4, 0.5) is 13.2 Å². The van der Waals surface area contributed by atoms with Gasteiger partial charge in [0.15, 0.2) is 0 Å². The van der Waals surface area contributed by atoms with Gasteiger partial charge in [-0.25, -0.2) is 0 Å². The van der Waals surface area contributed by atoms with E-state index in [-0.39, 0.29) is 17.8 Å². The van der Waals surface area contributed by atoms with Gasteiger partial charge in [-0.05, 0) is 42.8 Å². The van der Waals surface area contributed by atoms with Gasteiger partial charge >= 0.3 is 6.18 Å². The van der Waals surface area contributed by atoms with Crippen molar-refractivity contribution in [3.63, 3.8) is 0 Å². The van der Waals surface area contributed by atoms with Crippen molar-refractivity contribution in [1.82, 2.24) is 9.88 Å². The molecule has 3 aromatic rings. The van der Waals surface area contributed by atoms with Crippen LogP contribution >= 0.6 is 0 Å². The van der Waals surface area contributed by atoms with E-state index in [1.165, 1.54) is 24.3 Å². The van der Waals surface area contributed by atoms with Crippen LogP contribution in [-0.2, 0) is 6.18 Å². The van der Waals surface area contributed by atoms with Gasteiger partial charge in [0, 0.05) is 17.9 Å². The lowest BCUT2D eigenvalue weighted by atomic mass is 10.1. The molecule has 1 aromatic heterocycles. The Labute approximate surface area is 170 Å². The van der Waals surface area contributed by atoms with Crippen LogP contribution in [0.3, 0.4) is 0 Å². The summed E-state index contributed by atoms with van der Waals surface area (Å²) < 4.78 is 40.2. The van der Waals surface area contributed by atoms with Gasteiger partial charge in [0.2, 0.25) is 0 Å². The van der Waals surface area contributed by atoms with E-state index in [0.717, 1.165) is 16.7 Å². The Balaban J connectivity index is 1.88. The maximum absolute atomic E-state index is 13.0. The van der Waals surface area contributed by atoms with Crippen molar-refractivity contribution in [3.05, 3.63) is 99.5 Å². The predicted molar refractivity (Wildman–Crippen MR) is 106 cm³/mol. The summed E-state index contributed by atoms with van der Waals surface area (Å²) in [5.74, 6) is -0.726. The van der Waals surface area contributed by atoms with Gasteiger partial charge in [-0.1, -0.05) is 36.4 Å². The summed E-state index contributed by atoms with van der Waals surface area (Å²) in [6.07, 6.45) is -5.53. The molecule has 0 aliphatic rings. The largest absolute Gasteiger partial charge is 0.416 e. The number of halogens is 3.